The molecule has 1 unspecified atom stereocenters. The third kappa shape index (κ3) is 3.15. The fourth-order valence-electron chi connectivity index (χ4n) is 1.90. The van der Waals surface area contributed by atoms with Crippen LogP contribution in [-0.2, 0) is 10.0 Å². The van der Waals surface area contributed by atoms with Crippen molar-refractivity contribution in [2.24, 2.45) is 0 Å². The van der Waals surface area contributed by atoms with Crippen LogP contribution in [0, 0.1) is 0 Å². The molecule has 1 aromatic carbocycles. The van der Waals surface area contributed by atoms with Crippen LogP contribution in [0.1, 0.15) is 18.5 Å². The maximum Gasteiger partial charge on any atom is 0.243 e. The summed E-state index contributed by atoms with van der Waals surface area (Å²) in [4.78, 5) is 4.23. The summed E-state index contributed by atoms with van der Waals surface area (Å²) in [6.07, 6.45) is 3.30. The van der Waals surface area contributed by atoms with Gasteiger partial charge in [-0.15, -0.1) is 0 Å². The number of aromatic nitrogens is 1. The molecule has 0 radical (unpaired) electrons. The minimum atomic E-state index is -3.59. The molecule has 6 heteroatoms. The average Bonchev–Trinajstić information content (AvgIpc) is 2.47. The minimum Gasteiger partial charge on any atom is -0.387 e. The fourth-order valence-corrected chi connectivity index (χ4v) is 3.35. The molecule has 2 N–H and O–H groups in total. The number of nitrogens with one attached hydrogen (secondary N) is 2. The van der Waals surface area contributed by atoms with Gasteiger partial charge in [0.15, 0.2) is 0 Å². The van der Waals surface area contributed by atoms with Crippen molar-refractivity contribution in [1.29, 1.82) is 0 Å². The summed E-state index contributed by atoms with van der Waals surface area (Å²) >= 11 is 0. The molecule has 0 saturated heterocycles. The zero-order valence-electron chi connectivity index (χ0n) is 11.4. The van der Waals surface area contributed by atoms with Crippen LogP contribution in [0.15, 0.2) is 53.7 Å². The minimum absolute atomic E-state index is 0.234. The van der Waals surface area contributed by atoms with Gasteiger partial charge in [-0.25, -0.2) is 13.1 Å². The van der Waals surface area contributed by atoms with E-state index >= 15 is 0 Å². The van der Waals surface area contributed by atoms with Crippen LogP contribution < -0.4 is 10.0 Å². The van der Waals surface area contributed by atoms with Crippen molar-refractivity contribution in [3.8, 4) is 0 Å². The first-order valence-corrected chi connectivity index (χ1v) is 7.72. The number of anilines is 1. The van der Waals surface area contributed by atoms with Gasteiger partial charge in [-0.3, -0.25) is 4.98 Å². The zero-order chi connectivity index (χ0) is 14.6. The average molecular weight is 291 g/mol. The Labute approximate surface area is 119 Å². The molecule has 0 aliphatic carbocycles. The molecule has 0 amide bonds. The van der Waals surface area contributed by atoms with Crippen LogP contribution in [0.4, 0.5) is 5.69 Å². The zero-order valence-corrected chi connectivity index (χ0v) is 12.2. The SMILES string of the molecule is CNc1ccccc1S(=O)(=O)NC(C)c1cccnc1. The van der Waals surface area contributed by atoms with Gasteiger partial charge in [-0.05, 0) is 30.7 Å². The van der Waals surface area contributed by atoms with Crippen molar-refractivity contribution in [1.82, 2.24) is 9.71 Å². The maximum atomic E-state index is 12.4. The van der Waals surface area contributed by atoms with Crippen molar-refractivity contribution in [2.45, 2.75) is 17.9 Å². The van der Waals surface area contributed by atoms with Crippen LogP contribution in [0.25, 0.3) is 0 Å². The quantitative estimate of drug-likeness (QED) is 0.885. The summed E-state index contributed by atoms with van der Waals surface area (Å²) in [6, 6.07) is 10.1. The lowest BCUT2D eigenvalue weighted by molar-refractivity contribution is 0.567. The van der Waals surface area contributed by atoms with E-state index in [1.54, 1.807) is 56.7 Å². The Kier molecular flexibility index (Phi) is 4.36. The molecule has 1 atom stereocenters. The summed E-state index contributed by atoms with van der Waals surface area (Å²) in [5.74, 6) is 0. The van der Waals surface area contributed by atoms with E-state index in [0.29, 0.717) is 5.69 Å². The molecule has 2 aromatic rings. The molecule has 20 heavy (non-hydrogen) atoms. The van der Waals surface area contributed by atoms with Gasteiger partial charge < -0.3 is 5.32 Å². The lowest BCUT2D eigenvalue weighted by atomic mass is 10.2. The van der Waals surface area contributed by atoms with Gasteiger partial charge in [0, 0.05) is 25.5 Å². The predicted octanol–water partition coefficient (Wildman–Crippen LogP) is 2.16. The van der Waals surface area contributed by atoms with E-state index in [4.69, 9.17) is 0 Å². The third-order valence-electron chi connectivity index (χ3n) is 2.96. The number of para-hydroxylation sites is 1. The smallest absolute Gasteiger partial charge is 0.243 e. The highest BCUT2D eigenvalue weighted by molar-refractivity contribution is 7.89. The molecule has 1 heterocycles. The van der Waals surface area contributed by atoms with E-state index in [0.717, 1.165) is 5.56 Å². The van der Waals surface area contributed by atoms with Gasteiger partial charge in [0.2, 0.25) is 10.0 Å². The van der Waals surface area contributed by atoms with Crippen molar-refractivity contribution in [2.75, 3.05) is 12.4 Å². The highest BCUT2D eigenvalue weighted by atomic mass is 32.2. The number of rotatable bonds is 5. The van der Waals surface area contributed by atoms with Gasteiger partial charge in [0.05, 0.1) is 5.69 Å². The Hall–Kier alpha value is -1.92. The standard InChI is InChI=1S/C14H17N3O2S/c1-11(12-6-5-9-16-10-12)17-20(18,19)14-8-4-3-7-13(14)15-2/h3-11,15,17H,1-2H3. The molecule has 1 aromatic heterocycles. The molecule has 5 nitrogen and oxygen atoms in total. The van der Waals surface area contributed by atoms with E-state index in [2.05, 4.69) is 15.0 Å². The van der Waals surface area contributed by atoms with Crippen LogP contribution in [0.5, 0.6) is 0 Å². The van der Waals surface area contributed by atoms with Crippen LogP contribution >= 0.6 is 0 Å². The van der Waals surface area contributed by atoms with Crippen LogP contribution in [0.2, 0.25) is 0 Å². The molecule has 0 aliphatic heterocycles. The van der Waals surface area contributed by atoms with Crippen LogP contribution in [-0.4, -0.2) is 20.4 Å². The number of nitrogens with zero attached hydrogens (tertiary/aromatic N) is 1. The van der Waals surface area contributed by atoms with Crippen molar-refractivity contribution >= 4 is 15.7 Å². The summed E-state index contributed by atoms with van der Waals surface area (Å²) < 4.78 is 27.5. The largest absolute Gasteiger partial charge is 0.387 e. The molecule has 0 aliphatic rings. The number of sulfonamides is 1. The summed E-state index contributed by atoms with van der Waals surface area (Å²) in [5, 5.41) is 2.88. The van der Waals surface area contributed by atoms with Gasteiger partial charge in [0.1, 0.15) is 4.90 Å². The van der Waals surface area contributed by atoms with Crippen LogP contribution in [0.3, 0.4) is 0 Å². The molecule has 0 spiro atoms. The second-order valence-corrected chi connectivity index (χ2v) is 6.06. The first-order chi connectivity index (χ1) is 9.54. The highest BCUT2D eigenvalue weighted by Crippen LogP contribution is 2.22. The van der Waals surface area contributed by atoms with Crippen molar-refractivity contribution in [3.05, 3.63) is 54.4 Å². The third-order valence-corrected chi connectivity index (χ3v) is 4.56. The van der Waals surface area contributed by atoms with Gasteiger partial charge in [0.25, 0.3) is 0 Å². The fraction of sp³-hybridized carbons (Fsp3) is 0.214. The lowest BCUT2D eigenvalue weighted by Gasteiger charge is -2.16. The lowest BCUT2D eigenvalue weighted by Crippen LogP contribution is -2.27. The molecular formula is C14H17N3O2S. The van der Waals surface area contributed by atoms with E-state index in [1.165, 1.54) is 0 Å². The summed E-state index contributed by atoms with van der Waals surface area (Å²) in [5.41, 5.74) is 1.39. The Morgan fingerprint density at radius 3 is 2.55 bits per heavy atom. The van der Waals surface area contributed by atoms with E-state index in [1.807, 2.05) is 6.07 Å². The van der Waals surface area contributed by atoms with E-state index in [9.17, 15) is 8.42 Å². The Morgan fingerprint density at radius 1 is 1.15 bits per heavy atom. The van der Waals surface area contributed by atoms with Crippen molar-refractivity contribution in [3.63, 3.8) is 0 Å². The molecule has 106 valence electrons. The van der Waals surface area contributed by atoms with Gasteiger partial charge in [-0.2, -0.15) is 0 Å². The van der Waals surface area contributed by atoms with Gasteiger partial charge in [-0.1, -0.05) is 18.2 Å². The Balaban J connectivity index is 2.28. The molecule has 0 bridgehead atoms. The topological polar surface area (TPSA) is 71.1 Å². The first-order valence-electron chi connectivity index (χ1n) is 6.23. The molecular weight excluding hydrogens is 274 g/mol. The predicted molar refractivity (Wildman–Crippen MR) is 79.0 cm³/mol. The second kappa shape index (κ2) is 6.02. The normalized spacial score (nSPS) is 12.9. The van der Waals surface area contributed by atoms with E-state index in [-0.39, 0.29) is 10.9 Å². The van der Waals surface area contributed by atoms with Gasteiger partial charge >= 0.3 is 0 Å². The summed E-state index contributed by atoms with van der Waals surface area (Å²) in [7, 11) is -1.90. The Bertz CT molecular complexity index is 672. The highest BCUT2D eigenvalue weighted by Gasteiger charge is 2.20. The molecule has 2 rings (SSSR count). The number of hydrogen-bond acceptors (Lipinski definition) is 4. The Morgan fingerprint density at radius 2 is 1.90 bits per heavy atom. The van der Waals surface area contributed by atoms with Crippen molar-refractivity contribution < 1.29 is 8.42 Å². The molecule has 0 fully saturated rings. The number of hydrogen-bond donors (Lipinski definition) is 2. The second-order valence-electron chi connectivity index (χ2n) is 4.38. The van der Waals surface area contributed by atoms with E-state index < -0.39 is 10.0 Å². The number of benzene rings is 1. The number of pyridine rings is 1. The first kappa shape index (κ1) is 14.5. The summed E-state index contributed by atoms with van der Waals surface area (Å²) in [6.45, 7) is 1.79. The molecule has 0 saturated carbocycles. The monoisotopic (exact) mass is 291 g/mol. The maximum absolute atomic E-state index is 12.4.